The first-order valence-corrected chi connectivity index (χ1v) is 7.59. The van der Waals surface area contributed by atoms with Crippen LogP contribution in [0.4, 0.5) is 10.1 Å². The van der Waals surface area contributed by atoms with Gasteiger partial charge in [-0.05, 0) is 11.8 Å². The van der Waals surface area contributed by atoms with Crippen LogP contribution in [0.25, 0.3) is 0 Å². The summed E-state index contributed by atoms with van der Waals surface area (Å²) in [4.78, 5) is 33.0. The number of hydrogen-bond acceptors (Lipinski definition) is 9. The quantitative estimate of drug-likeness (QED) is 0.267. The Morgan fingerprint density at radius 1 is 1.42 bits per heavy atom. The lowest BCUT2D eigenvalue weighted by Gasteiger charge is -2.03. The zero-order valence-electron chi connectivity index (χ0n) is 13.4. The van der Waals surface area contributed by atoms with Crippen molar-refractivity contribution in [3.05, 3.63) is 44.6 Å². The molecule has 1 fully saturated rings. The molecule has 0 bridgehead atoms. The smallest absolute Gasteiger partial charge is 0.331 e. The summed E-state index contributed by atoms with van der Waals surface area (Å²) < 4.78 is 23.1. The second kappa shape index (κ2) is 8.20. The summed E-state index contributed by atoms with van der Waals surface area (Å²) in [6.07, 6.45) is 1.93. The molecule has 2 rings (SSSR count). The molecule has 1 heterocycles. The van der Waals surface area contributed by atoms with Crippen LogP contribution in [0.5, 0.6) is 5.75 Å². The highest BCUT2D eigenvalue weighted by Crippen LogP contribution is 2.29. The molecule has 0 aliphatic carbocycles. The van der Waals surface area contributed by atoms with E-state index >= 15 is 0 Å². The molecule has 0 aromatic heterocycles. The Balaban J connectivity index is 2.21. The third-order valence-electron chi connectivity index (χ3n) is 2.94. The predicted octanol–water partition coefficient (Wildman–Crippen LogP) is 1.35. The number of nitrogens with one attached hydrogen (secondary N) is 1. The molecule has 0 atom stereocenters. The lowest BCUT2D eigenvalue weighted by molar-refractivity contribution is -0.385. The average molecular weight is 382 g/mol. The Morgan fingerprint density at radius 2 is 2.15 bits per heavy atom. The summed E-state index contributed by atoms with van der Waals surface area (Å²) in [6.45, 7) is 0. The molecule has 0 radical (unpaired) electrons. The maximum Gasteiger partial charge on any atom is 0.331 e. The minimum Gasteiger partial charge on any atom is -0.490 e. The third kappa shape index (κ3) is 4.42. The van der Waals surface area contributed by atoms with Gasteiger partial charge in [0.2, 0.25) is 0 Å². The van der Waals surface area contributed by atoms with Crippen LogP contribution in [0.15, 0.2) is 33.3 Å². The van der Waals surface area contributed by atoms with E-state index in [0.29, 0.717) is 0 Å². The summed E-state index contributed by atoms with van der Waals surface area (Å²) >= 11 is 0.830. The largest absolute Gasteiger partial charge is 0.490 e. The van der Waals surface area contributed by atoms with Crippen molar-refractivity contribution in [1.82, 2.24) is 5.32 Å². The standard InChI is InChI=1S/C14H11FN4O6S/c1-24-10-4-8(15)7(3-9(10)19(22)23)6-16-18-14-17-13(21)11(26-14)5-12(20)25-2/h3-6H,1-2H3,(H,17,18,21)/b11-5+,16-6?. The fraction of sp³-hybridized carbons (Fsp3) is 0.143. The first-order chi connectivity index (χ1) is 12.3. The number of amides is 1. The molecule has 0 saturated carbocycles. The third-order valence-corrected chi connectivity index (χ3v) is 3.84. The molecule has 26 heavy (non-hydrogen) atoms. The highest BCUT2D eigenvalue weighted by atomic mass is 32.2. The number of amidine groups is 1. The second-order valence-corrected chi connectivity index (χ2v) is 5.57. The summed E-state index contributed by atoms with van der Waals surface area (Å²) in [5, 5.41) is 20.6. The topological polar surface area (TPSA) is 132 Å². The van der Waals surface area contributed by atoms with Gasteiger partial charge in [0.1, 0.15) is 5.82 Å². The molecule has 1 aliphatic heterocycles. The van der Waals surface area contributed by atoms with Crippen LogP contribution in [0.2, 0.25) is 0 Å². The van der Waals surface area contributed by atoms with Crippen LogP contribution in [0.3, 0.4) is 0 Å². The van der Waals surface area contributed by atoms with Crippen LogP contribution in [-0.2, 0) is 14.3 Å². The Bertz CT molecular complexity index is 867. The van der Waals surface area contributed by atoms with Gasteiger partial charge in [-0.3, -0.25) is 20.2 Å². The summed E-state index contributed by atoms with van der Waals surface area (Å²) in [6, 6.07) is 1.80. The number of nitro benzene ring substituents is 1. The Labute approximate surface area is 149 Å². The van der Waals surface area contributed by atoms with Crippen molar-refractivity contribution in [2.75, 3.05) is 14.2 Å². The highest BCUT2D eigenvalue weighted by Gasteiger charge is 2.25. The molecule has 0 spiro atoms. The van der Waals surface area contributed by atoms with E-state index in [2.05, 4.69) is 20.3 Å². The van der Waals surface area contributed by atoms with Gasteiger partial charge in [-0.25, -0.2) is 9.18 Å². The zero-order valence-corrected chi connectivity index (χ0v) is 14.2. The minimum absolute atomic E-state index is 0.0461. The van der Waals surface area contributed by atoms with Crippen LogP contribution >= 0.6 is 11.8 Å². The minimum atomic E-state index is -0.800. The van der Waals surface area contributed by atoms with Gasteiger partial charge >= 0.3 is 11.7 Å². The zero-order chi connectivity index (χ0) is 19.3. The fourth-order valence-electron chi connectivity index (χ4n) is 1.75. The SMILES string of the molecule is COC(=O)/C=C1/S/C(=N\N=Cc2cc([N+](=O)[O-])c(OC)cc2F)NC1=O. The van der Waals surface area contributed by atoms with Crippen molar-refractivity contribution in [2.45, 2.75) is 0 Å². The second-order valence-electron chi connectivity index (χ2n) is 4.54. The Morgan fingerprint density at radius 3 is 2.77 bits per heavy atom. The number of benzene rings is 1. The van der Waals surface area contributed by atoms with Crippen LogP contribution < -0.4 is 10.1 Å². The molecule has 0 unspecified atom stereocenters. The number of halogens is 1. The molecule has 12 heteroatoms. The van der Waals surface area contributed by atoms with Crippen molar-refractivity contribution < 1.29 is 28.4 Å². The number of esters is 1. The van der Waals surface area contributed by atoms with Crippen molar-refractivity contribution in [3.8, 4) is 5.75 Å². The van der Waals surface area contributed by atoms with E-state index in [9.17, 15) is 24.1 Å². The molecule has 10 nitrogen and oxygen atoms in total. The predicted molar refractivity (Wildman–Crippen MR) is 90.5 cm³/mol. The van der Waals surface area contributed by atoms with Gasteiger partial charge in [-0.15, -0.1) is 5.10 Å². The number of hydrogen-bond donors (Lipinski definition) is 1. The normalized spacial score (nSPS) is 17.0. The van der Waals surface area contributed by atoms with Gasteiger partial charge in [-0.2, -0.15) is 5.10 Å². The lowest BCUT2D eigenvalue weighted by atomic mass is 10.2. The van der Waals surface area contributed by atoms with Gasteiger partial charge < -0.3 is 9.47 Å². The van der Waals surface area contributed by atoms with Gasteiger partial charge in [0.05, 0.1) is 30.3 Å². The molecule has 136 valence electrons. The van der Waals surface area contributed by atoms with Gasteiger partial charge in [-0.1, -0.05) is 0 Å². The maximum absolute atomic E-state index is 13.9. The fourth-order valence-corrected chi connectivity index (χ4v) is 2.49. The van der Waals surface area contributed by atoms with Crippen molar-refractivity contribution in [1.29, 1.82) is 0 Å². The molecular weight excluding hydrogens is 371 g/mol. The maximum atomic E-state index is 13.9. The van der Waals surface area contributed by atoms with Gasteiger partial charge in [0, 0.05) is 23.8 Å². The van der Waals surface area contributed by atoms with Gasteiger partial charge in [0.15, 0.2) is 10.9 Å². The molecule has 1 aromatic rings. The number of carbonyl (C=O) groups is 2. The molecule has 1 N–H and O–H groups in total. The molecular formula is C14H11FN4O6S. The van der Waals surface area contributed by atoms with Crippen molar-refractivity contribution in [2.24, 2.45) is 10.2 Å². The first kappa shape index (κ1) is 19.1. The Hall–Kier alpha value is -3.28. The van der Waals surface area contributed by atoms with E-state index in [4.69, 9.17) is 4.74 Å². The number of ether oxygens (including phenoxy) is 2. The van der Waals surface area contributed by atoms with E-state index in [1.807, 2.05) is 0 Å². The van der Waals surface area contributed by atoms with E-state index in [0.717, 1.165) is 36.2 Å². The molecule has 1 amide bonds. The number of nitro groups is 1. The summed E-state index contributed by atoms with van der Waals surface area (Å²) in [5.41, 5.74) is -0.628. The number of rotatable bonds is 5. The van der Waals surface area contributed by atoms with Crippen LogP contribution in [-0.4, -0.2) is 42.4 Å². The number of methoxy groups -OCH3 is 2. The lowest BCUT2D eigenvalue weighted by Crippen LogP contribution is -2.19. The molecule has 1 saturated heterocycles. The van der Waals surface area contributed by atoms with Crippen molar-refractivity contribution in [3.63, 3.8) is 0 Å². The van der Waals surface area contributed by atoms with E-state index < -0.39 is 28.3 Å². The molecule has 1 aliphatic rings. The number of carbonyl (C=O) groups excluding carboxylic acids is 2. The Kier molecular flexibility index (Phi) is 6.01. The van der Waals surface area contributed by atoms with E-state index in [1.54, 1.807) is 0 Å². The van der Waals surface area contributed by atoms with Crippen LogP contribution in [0.1, 0.15) is 5.56 Å². The highest BCUT2D eigenvalue weighted by molar-refractivity contribution is 8.18. The average Bonchev–Trinajstić information content (AvgIpc) is 2.94. The first-order valence-electron chi connectivity index (χ1n) is 6.77. The number of thioether (sulfide) groups is 1. The van der Waals surface area contributed by atoms with Gasteiger partial charge in [0.25, 0.3) is 5.91 Å². The summed E-state index contributed by atoms with van der Waals surface area (Å²) in [7, 11) is 2.35. The van der Waals surface area contributed by atoms with Crippen LogP contribution in [0, 0.1) is 15.9 Å². The van der Waals surface area contributed by atoms with E-state index in [-0.39, 0.29) is 21.4 Å². The monoisotopic (exact) mass is 382 g/mol. The number of nitrogens with zero attached hydrogens (tertiary/aromatic N) is 3. The molecule has 1 aromatic carbocycles. The van der Waals surface area contributed by atoms with E-state index in [1.165, 1.54) is 14.2 Å². The summed E-state index contributed by atoms with van der Waals surface area (Å²) in [5.74, 6) is -2.31. The van der Waals surface area contributed by atoms with Crippen molar-refractivity contribution >= 4 is 40.7 Å².